The predicted octanol–water partition coefficient (Wildman–Crippen LogP) is 1.46. The summed E-state index contributed by atoms with van der Waals surface area (Å²) in [5.74, 6) is 0.530. The molecule has 3 aliphatic carbocycles. The molecular weight excluding hydrogens is 336 g/mol. The molecule has 4 aliphatic rings. The van der Waals surface area contributed by atoms with Crippen LogP contribution in [-0.4, -0.2) is 53.0 Å². The lowest BCUT2D eigenvalue weighted by atomic mass is 9.46. The Morgan fingerprint density at radius 3 is 2.65 bits per heavy atom. The molecular formula is C20H32O6. The summed E-state index contributed by atoms with van der Waals surface area (Å²) in [6.45, 7) is 4.20. The number of ether oxygens (including phenoxy) is 2. The van der Waals surface area contributed by atoms with Gasteiger partial charge < -0.3 is 24.8 Å². The molecule has 6 nitrogen and oxygen atoms in total. The Morgan fingerprint density at radius 1 is 1.19 bits per heavy atom. The highest BCUT2D eigenvalue weighted by atomic mass is 16.6. The first-order valence-corrected chi connectivity index (χ1v) is 10.1. The van der Waals surface area contributed by atoms with Crippen molar-refractivity contribution in [3.63, 3.8) is 0 Å². The summed E-state index contributed by atoms with van der Waals surface area (Å²) in [5, 5.41) is 31.3. The quantitative estimate of drug-likeness (QED) is 0.639. The van der Waals surface area contributed by atoms with Gasteiger partial charge in [0, 0.05) is 18.8 Å². The molecule has 26 heavy (non-hydrogen) atoms. The van der Waals surface area contributed by atoms with E-state index in [1.807, 2.05) is 0 Å². The van der Waals surface area contributed by atoms with E-state index in [0.717, 1.165) is 25.7 Å². The maximum Gasteiger partial charge on any atom is 0.302 e. The fourth-order valence-electron chi connectivity index (χ4n) is 7.14. The van der Waals surface area contributed by atoms with Crippen LogP contribution in [-0.2, 0) is 14.3 Å². The van der Waals surface area contributed by atoms with Gasteiger partial charge in [-0.25, -0.2) is 0 Å². The van der Waals surface area contributed by atoms with Crippen LogP contribution in [0, 0.1) is 34.5 Å². The highest BCUT2D eigenvalue weighted by Crippen LogP contribution is 2.65. The summed E-state index contributed by atoms with van der Waals surface area (Å²) in [4.78, 5) is 11.6. The second kappa shape index (κ2) is 6.43. The van der Waals surface area contributed by atoms with Crippen LogP contribution in [0.1, 0.15) is 52.4 Å². The van der Waals surface area contributed by atoms with Gasteiger partial charge >= 0.3 is 5.97 Å². The van der Waals surface area contributed by atoms with E-state index in [-0.39, 0.29) is 41.8 Å². The van der Waals surface area contributed by atoms with Crippen molar-refractivity contribution in [2.75, 3.05) is 13.2 Å². The van der Waals surface area contributed by atoms with Crippen LogP contribution < -0.4 is 0 Å². The maximum atomic E-state index is 11.6. The molecule has 0 aromatic heterocycles. The first kappa shape index (κ1) is 18.7. The lowest BCUT2D eigenvalue weighted by molar-refractivity contribution is -0.248. The zero-order chi connectivity index (χ0) is 18.7. The van der Waals surface area contributed by atoms with Gasteiger partial charge in [-0.15, -0.1) is 0 Å². The Bertz CT molecular complexity index is 567. The van der Waals surface area contributed by atoms with Crippen LogP contribution >= 0.6 is 0 Å². The minimum atomic E-state index is -0.725. The Kier molecular flexibility index (Phi) is 4.62. The van der Waals surface area contributed by atoms with Crippen molar-refractivity contribution in [3.05, 3.63) is 0 Å². The van der Waals surface area contributed by atoms with Crippen LogP contribution in [0.5, 0.6) is 0 Å². The van der Waals surface area contributed by atoms with Crippen molar-refractivity contribution in [1.29, 1.82) is 0 Å². The summed E-state index contributed by atoms with van der Waals surface area (Å²) >= 11 is 0. The number of rotatable bonds is 2. The molecule has 4 fully saturated rings. The molecule has 0 radical (unpaired) electrons. The first-order valence-electron chi connectivity index (χ1n) is 10.1. The minimum absolute atomic E-state index is 0.000903. The molecule has 0 spiro atoms. The van der Waals surface area contributed by atoms with Crippen molar-refractivity contribution < 1.29 is 29.6 Å². The number of hydrogen-bond acceptors (Lipinski definition) is 6. The van der Waals surface area contributed by atoms with Gasteiger partial charge in [0.25, 0.3) is 0 Å². The van der Waals surface area contributed by atoms with Gasteiger partial charge in [0.2, 0.25) is 0 Å². The van der Waals surface area contributed by atoms with Crippen LogP contribution in [0.3, 0.4) is 0 Å². The molecule has 3 saturated carbocycles. The van der Waals surface area contributed by atoms with Crippen LogP contribution in [0.4, 0.5) is 0 Å². The Hall–Kier alpha value is -0.690. The second-order valence-corrected chi connectivity index (χ2v) is 9.40. The molecule has 1 heterocycles. The van der Waals surface area contributed by atoms with E-state index in [1.54, 1.807) is 0 Å². The van der Waals surface area contributed by atoms with E-state index in [4.69, 9.17) is 9.47 Å². The third-order valence-electron chi connectivity index (χ3n) is 8.40. The fourth-order valence-corrected chi connectivity index (χ4v) is 7.14. The minimum Gasteiger partial charge on any atom is -0.462 e. The van der Waals surface area contributed by atoms with Gasteiger partial charge in [0.05, 0.1) is 19.3 Å². The summed E-state index contributed by atoms with van der Waals surface area (Å²) in [7, 11) is 0. The van der Waals surface area contributed by atoms with Crippen molar-refractivity contribution in [2.45, 2.75) is 70.9 Å². The van der Waals surface area contributed by atoms with Gasteiger partial charge in [-0.05, 0) is 61.2 Å². The molecule has 6 heteroatoms. The predicted molar refractivity (Wildman–Crippen MR) is 92.8 cm³/mol. The highest BCUT2D eigenvalue weighted by molar-refractivity contribution is 5.66. The highest BCUT2D eigenvalue weighted by Gasteiger charge is 2.64. The van der Waals surface area contributed by atoms with Crippen molar-refractivity contribution in [1.82, 2.24) is 0 Å². The van der Waals surface area contributed by atoms with Gasteiger partial charge in [0.1, 0.15) is 6.10 Å². The summed E-state index contributed by atoms with van der Waals surface area (Å²) in [6, 6.07) is 0. The Balaban J connectivity index is 1.65. The summed E-state index contributed by atoms with van der Waals surface area (Å²) < 4.78 is 11.2. The average Bonchev–Trinajstić information content (AvgIpc) is 2.95. The molecule has 1 aliphatic heterocycles. The van der Waals surface area contributed by atoms with Crippen molar-refractivity contribution in [2.24, 2.45) is 34.5 Å². The molecule has 3 N–H and O–H groups in total. The zero-order valence-corrected chi connectivity index (χ0v) is 15.8. The molecule has 0 aromatic carbocycles. The van der Waals surface area contributed by atoms with Crippen molar-refractivity contribution >= 4 is 5.97 Å². The van der Waals surface area contributed by atoms with E-state index >= 15 is 0 Å². The largest absolute Gasteiger partial charge is 0.462 e. The summed E-state index contributed by atoms with van der Waals surface area (Å²) in [5.41, 5.74) is -0.476. The number of carbonyl (C=O) groups excluding carboxylic acids is 1. The number of carbonyl (C=O) groups is 1. The first-order chi connectivity index (χ1) is 12.3. The lowest BCUT2D eigenvalue weighted by Crippen LogP contribution is -2.61. The van der Waals surface area contributed by atoms with Gasteiger partial charge in [-0.3, -0.25) is 4.79 Å². The molecule has 4 rings (SSSR count). The normalized spacial score (nSPS) is 53.3. The molecule has 148 valence electrons. The standard InChI is InChI=1S/C20H32O6/c1-11(22)26-16-4-3-14-18-13(5-6-20(14,16)9-21)19(2)10-25-17(24)8-12(19)7-15(18)23/h12-18,21,23-24H,3-10H2,1-2H3/t12?,13?,14?,15-,16-,17-,18?,19-,20+/m0/s1. The van der Waals surface area contributed by atoms with Crippen LogP contribution in [0.2, 0.25) is 0 Å². The van der Waals surface area contributed by atoms with E-state index in [0.29, 0.717) is 25.4 Å². The number of hydrogen-bond donors (Lipinski definition) is 3. The third-order valence-corrected chi connectivity index (χ3v) is 8.40. The summed E-state index contributed by atoms with van der Waals surface area (Å²) in [6.07, 6.45) is 3.19. The number of esters is 1. The lowest BCUT2D eigenvalue weighted by Gasteiger charge is -2.61. The molecule has 1 saturated heterocycles. The molecule has 9 atom stereocenters. The van der Waals surface area contributed by atoms with Gasteiger partial charge in [0.15, 0.2) is 6.29 Å². The number of fused-ring (bicyclic) bond motifs is 5. The smallest absolute Gasteiger partial charge is 0.302 e. The van der Waals surface area contributed by atoms with Crippen LogP contribution in [0.25, 0.3) is 0 Å². The van der Waals surface area contributed by atoms with E-state index in [9.17, 15) is 20.1 Å². The van der Waals surface area contributed by atoms with E-state index in [2.05, 4.69) is 6.92 Å². The Labute approximate surface area is 154 Å². The van der Waals surface area contributed by atoms with Crippen LogP contribution in [0.15, 0.2) is 0 Å². The third kappa shape index (κ3) is 2.56. The SMILES string of the molecule is CC(=O)O[C@H]1CCC2C3C(CC[C@@]21CO)[C@@]1(C)CO[C@H](O)CC1C[C@@H]3O. The number of aliphatic hydroxyl groups is 3. The van der Waals surface area contributed by atoms with Crippen molar-refractivity contribution in [3.8, 4) is 0 Å². The topological polar surface area (TPSA) is 96.2 Å². The fraction of sp³-hybridized carbons (Fsp3) is 0.950. The monoisotopic (exact) mass is 368 g/mol. The zero-order valence-electron chi connectivity index (χ0n) is 15.8. The Morgan fingerprint density at radius 2 is 1.96 bits per heavy atom. The van der Waals surface area contributed by atoms with Gasteiger partial charge in [-0.1, -0.05) is 6.92 Å². The van der Waals surface area contributed by atoms with E-state index in [1.165, 1.54) is 6.92 Å². The van der Waals surface area contributed by atoms with E-state index < -0.39 is 17.8 Å². The molecule has 0 bridgehead atoms. The number of aliphatic hydroxyl groups excluding tert-OH is 3. The second-order valence-electron chi connectivity index (χ2n) is 9.40. The maximum absolute atomic E-state index is 11.6. The van der Waals surface area contributed by atoms with Gasteiger partial charge in [-0.2, -0.15) is 0 Å². The average molecular weight is 368 g/mol. The molecule has 0 amide bonds. The molecule has 0 aromatic rings. The molecule has 4 unspecified atom stereocenters.